The molecule has 1 unspecified atom stereocenters. The second-order valence-electron chi connectivity index (χ2n) is 3.72. The van der Waals surface area contributed by atoms with Crippen molar-refractivity contribution in [2.75, 3.05) is 11.4 Å². The van der Waals surface area contributed by atoms with Gasteiger partial charge >= 0.3 is 0 Å². The molecule has 14 heavy (non-hydrogen) atoms. The summed E-state index contributed by atoms with van der Waals surface area (Å²) in [6.07, 6.45) is 3.83. The lowest BCUT2D eigenvalue weighted by Gasteiger charge is -2.22. The van der Waals surface area contributed by atoms with E-state index in [0.29, 0.717) is 12.6 Å². The number of hydrogen-bond donors (Lipinski definition) is 1. The summed E-state index contributed by atoms with van der Waals surface area (Å²) in [5.41, 5.74) is 6.57. The van der Waals surface area contributed by atoms with Gasteiger partial charge in [0, 0.05) is 24.5 Å². The minimum Gasteiger partial charge on any atom is -0.345 e. The molecule has 0 spiro atoms. The molecule has 78 valence electrons. The van der Waals surface area contributed by atoms with Crippen molar-refractivity contribution < 1.29 is 0 Å². The fraction of sp³-hybridized carbons (Fsp3) is 0.700. The van der Waals surface area contributed by atoms with E-state index in [1.807, 2.05) is 0 Å². The molecule has 0 aromatic carbocycles. The summed E-state index contributed by atoms with van der Waals surface area (Å²) >= 11 is 1.73. The third-order valence-corrected chi connectivity index (χ3v) is 3.77. The van der Waals surface area contributed by atoms with Crippen LogP contribution in [0.2, 0.25) is 0 Å². The summed E-state index contributed by atoms with van der Waals surface area (Å²) in [5, 5.41) is 3.23. The molecule has 0 radical (unpaired) electrons. The average Bonchev–Trinajstić information content (AvgIpc) is 2.85. The average molecular weight is 211 g/mol. The van der Waals surface area contributed by atoms with E-state index in [4.69, 9.17) is 5.73 Å². The summed E-state index contributed by atoms with van der Waals surface area (Å²) in [4.78, 5) is 6.96. The van der Waals surface area contributed by atoms with Crippen molar-refractivity contribution in [3.8, 4) is 0 Å². The van der Waals surface area contributed by atoms with Crippen LogP contribution in [0.25, 0.3) is 0 Å². The first-order chi connectivity index (χ1) is 6.85. The molecule has 0 aliphatic carbocycles. The first kappa shape index (κ1) is 9.93. The van der Waals surface area contributed by atoms with Gasteiger partial charge in [-0.05, 0) is 19.3 Å². The number of nitrogens with two attached hydrogens (primary N) is 1. The number of hydrogen-bond acceptors (Lipinski definition) is 4. The van der Waals surface area contributed by atoms with Gasteiger partial charge in [-0.2, -0.15) is 0 Å². The summed E-state index contributed by atoms with van der Waals surface area (Å²) in [7, 11) is 0. The predicted octanol–water partition coefficient (Wildman–Crippen LogP) is 1.98. The SMILES string of the molecule is CCC1CCCN1c1nc(CN)cs1. The Morgan fingerprint density at radius 3 is 3.21 bits per heavy atom. The molecule has 0 bridgehead atoms. The van der Waals surface area contributed by atoms with E-state index in [9.17, 15) is 0 Å². The molecule has 2 rings (SSSR count). The molecule has 1 aromatic rings. The van der Waals surface area contributed by atoms with Crippen LogP contribution < -0.4 is 10.6 Å². The first-order valence-electron chi connectivity index (χ1n) is 5.26. The van der Waals surface area contributed by atoms with E-state index >= 15 is 0 Å². The van der Waals surface area contributed by atoms with Crippen LogP contribution in [-0.2, 0) is 6.54 Å². The number of anilines is 1. The molecule has 1 atom stereocenters. The molecular weight excluding hydrogens is 194 g/mol. The molecule has 4 heteroatoms. The topological polar surface area (TPSA) is 42.2 Å². The third kappa shape index (κ3) is 1.77. The zero-order valence-corrected chi connectivity index (χ0v) is 9.39. The summed E-state index contributed by atoms with van der Waals surface area (Å²) < 4.78 is 0. The Kier molecular flexibility index (Phi) is 3.03. The highest BCUT2D eigenvalue weighted by molar-refractivity contribution is 7.13. The maximum Gasteiger partial charge on any atom is 0.185 e. The zero-order chi connectivity index (χ0) is 9.97. The Balaban J connectivity index is 2.13. The van der Waals surface area contributed by atoms with Gasteiger partial charge < -0.3 is 10.6 Å². The van der Waals surface area contributed by atoms with Crippen LogP contribution in [-0.4, -0.2) is 17.6 Å². The van der Waals surface area contributed by atoms with Crippen LogP contribution >= 0.6 is 11.3 Å². The highest BCUT2D eigenvalue weighted by Gasteiger charge is 2.24. The van der Waals surface area contributed by atoms with E-state index in [0.717, 1.165) is 17.4 Å². The van der Waals surface area contributed by atoms with Gasteiger partial charge in [-0.3, -0.25) is 0 Å². The molecule has 1 fully saturated rings. The fourth-order valence-electron chi connectivity index (χ4n) is 2.03. The Morgan fingerprint density at radius 1 is 1.71 bits per heavy atom. The molecule has 1 aromatic heterocycles. The summed E-state index contributed by atoms with van der Waals surface area (Å²) in [6.45, 7) is 3.97. The van der Waals surface area contributed by atoms with Crippen LogP contribution in [0, 0.1) is 0 Å². The van der Waals surface area contributed by atoms with E-state index in [1.54, 1.807) is 11.3 Å². The van der Waals surface area contributed by atoms with E-state index in [-0.39, 0.29) is 0 Å². The minimum absolute atomic E-state index is 0.557. The second-order valence-corrected chi connectivity index (χ2v) is 4.56. The Morgan fingerprint density at radius 2 is 2.57 bits per heavy atom. The Labute approximate surface area is 88.9 Å². The molecule has 0 saturated carbocycles. The van der Waals surface area contributed by atoms with Gasteiger partial charge in [0.15, 0.2) is 5.13 Å². The molecular formula is C10H17N3S. The monoisotopic (exact) mass is 211 g/mol. The zero-order valence-electron chi connectivity index (χ0n) is 8.57. The van der Waals surface area contributed by atoms with Crippen molar-refractivity contribution in [1.82, 2.24) is 4.98 Å². The maximum absolute atomic E-state index is 5.55. The lowest BCUT2D eigenvalue weighted by Crippen LogP contribution is -2.28. The number of rotatable bonds is 3. The van der Waals surface area contributed by atoms with Gasteiger partial charge in [-0.1, -0.05) is 6.92 Å². The lowest BCUT2D eigenvalue weighted by molar-refractivity contribution is 0.644. The van der Waals surface area contributed by atoms with Crippen molar-refractivity contribution >= 4 is 16.5 Å². The normalized spacial score (nSPS) is 21.9. The first-order valence-corrected chi connectivity index (χ1v) is 6.14. The predicted molar refractivity (Wildman–Crippen MR) is 60.7 cm³/mol. The van der Waals surface area contributed by atoms with E-state index in [1.165, 1.54) is 19.3 Å². The van der Waals surface area contributed by atoms with Crippen LogP contribution in [0.3, 0.4) is 0 Å². The Hall–Kier alpha value is -0.610. The largest absolute Gasteiger partial charge is 0.345 e. The molecule has 1 aliphatic rings. The Bertz CT molecular complexity index is 297. The molecule has 3 nitrogen and oxygen atoms in total. The highest BCUT2D eigenvalue weighted by Crippen LogP contribution is 2.29. The van der Waals surface area contributed by atoms with Gasteiger partial charge in [0.05, 0.1) is 5.69 Å². The second kappa shape index (κ2) is 4.28. The standard InChI is InChI=1S/C10H17N3S/c1-2-9-4-3-5-13(9)10-12-8(6-11)7-14-10/h7,9H,2-6,11H2,1H3. The molecule has 2 N–H and O–H groups in total. The lowest BCUT2D eigenvalue weighted by atomic mass is 10.2. The number of aromatic nitrogens is 1. The van der Waals surface area contributed by atoms with Crippen molar-refractivity contribution in [2.24, 2.45) is 5.73 Å². The van der Waals surface area contributed by atoms with Gasteiger partial charge in [-0.25, -0.2) is 4.98 Å². The van der Waals surface area contributed by atoms with Crippen LogP contribution in [0.5, 0.6) is 0 Å². The maximum atomic E-state index is 5.55. The molecule has 1 saturated heterocycles. The van der Waals surface area contributed by atoms with E-state index in [2.05, 4.69) is 22.2 Å². The molecule has 1 aliphatic heterocycles. The van der Waals surface area contributed by atoms with Crippen molar-refractivity contribution in [3.63, 3.8) is 0 Å². The summed E-state index contributed by atoms with van der Waals surface area (Å²) in [6, 6.07) is 0.701. The van der Waals surface area contributed by atoms with E-state index < -0.39 is 0 Å². The molecule has 0 amide bonds. The van der Waals surface area contributed by atoms with Crippen molar-refractivity contribution in [3.05, 3.63) is 11.1 Å². The van der Waals surface area contributed by atoms with Crippen LogP contribution in [0.15, 0.2) is 5.38 Å². The van der Waals surface area contributed by atoms with Gasteiger partial charge in [0.1, 0.15) is 0 Å². The fourth-order valence-corrected chi connectivity index (χ4v) is 2.97. The quantitative estimate of drug-likeness (QED) is 0.831. The number of thiazole rings is 1. The van der Waals surface area contributed by atoms with Crippen LogP contribution in [0.1, 0.15) is 31.9 Å². The van der Waals surface area contributed by atoms with Gasteiger partial charge in [0.2, 0.25) is 0 Å². The van der Waals surface area contributed by atoms with Crippen molar-refractivity contribution in [1.29, 1.82) is 0 Å². The molecule has 2 heterocycles. The minimum atomic E-state index is 0.557. The van der Waals surface area contributed by atoms with Gasteiger partial charge in [0.25, 0.3) is 0 Å². The third-order valence-electron chi connectivity index (χ3n) is 2.84. The smallest absolute Gasteiger partial charge is 0.185 e. The van der Waals surface area contributed by atoms with Crippen LogP contribution in [0.4, 0.5) is 5.13 Å². The number of nitrogens with zero attached hydrogens (tertiary/aromatic N) is 2. The highest BCUT2D eigenvalue weighted by atomic mass is 32.1. The van der Waals surface area contributed by atoms with Gasteiger partial charge in [-0.15, -0.1) is 11.3 Å². The summed E-state index contributed by atoms with van der Waals surface area (Å²) in [5.74, 6) is 0. The van der Waals surface area contributed by atoms with Crippen molar-refractivity contribution in [2.45, 2.75) is 38.8 Å².